The molecule has 0 bridgehead atoms. The van der Waals surface area contributed by atoms with Crippen molar-refractivity contribution in [3.63, 3.8) is 0 Å². The Balaban J connectivity index is 3.65. The van der Waals surface area contributed by atoms with Crippen LogP contribution in [-0.4, -0.2) is 30.2 Å². The molecule has 0 aromatic carbocycles. The van der Waals surface area contributed by atoms with E-state index in [0.29, 0.717) is 6.61 Å². The minimum Gasteiger partial charge on any atom is -0.466 e. The molecule has 0 aliphatic carbocycles. The van der Waals surface area contributed by atoms with Crippen LogP contribution in [0.2, 0.25) is 0 Å². The lowest BCUT2D eigenvalue weighted by atomic mass is 10.2. The second kappa shape index (κ2) is 5.50. The summed E-state index contributed by atoms with van der Waals surface area (Å²) in [7, 11) is 0. The SMILES string of the molecule is CCOC(=O)C(CO)CCl. The van der Waals surface area contributed by atoms with Crippen molar-refractivity contribution in [1.82, 2.24) is 0 Å². The van der Waals surface area contributed by atoms with Gasteiger partial charge in [-0.1, -0.05) is 0 Å². The summed E-state index contributed by atoms with van der Waals surface area (Å²) < 4.78 is 4.60. The summed E-state index contributed by atoms with van der Waals surface area (Å²) in [6.07, 6.45) is 0. The summed E-state index contributed by atoms with van der Waals surface area (Å²) in [5, 5.41) is 8.54. The fourth-order valence-electron chi connectivity index (χ4n) is 0.446. The van der Waals surface area contributed by atoms with Crippen LogP contribution in [0.3, 0.4) is 0 Å². The number of halogens is 1. The monoisotopic (exact) mass is 166 g/mol. The predicted octanol–water partition coefficient (Wildman–Crippen LogP) is 0.397. The molecule has 0 amide bonds. The summed E-state index contributed by atoms with van der Waals surface area (Å²) in [4.78, 5) is 10.7. The first-order valence-corrected chi connectivity index (χ1v) is 3.63. The van der Waals surface area contributed by atoms with Crippen LogP contribution in [0.5, 0.6) is 0 Å². The highest BCUT2D eigenvalue weighted by Crippen LogP contribution is 2.00. The summed E-state index contributed by atoms with van der Waals surface area (Å²) in [5.41, 5.74) is 0. The molecule has 0 saturated carbocycles. The van der Waals surface area contributed by atoms with E-state index >= 15 is 0 Å². The maximum absolute atomic E-state index is 10.7. The normalized spacial score (nSPS) is 12.7. The molecule has 4 heteroatoms. The fourth-order valence-corrected chi connectivity index (χ4v) is 0.670. The van der Waals surface area contributed by atoms with Crippen molar-refractivity contribution in [2.24, 2.45) is 5.92 Å². The Bertz CT molecular complexity index is 101. The van der Waals surface area contributed by atoms with Crippen molar-refractivity contribution in [3.05, 3.63) is 0 Å². The average Bonchev–Trinajstić information content (AvgIpc) is 1.91. The summed E-state index contributed by atoms with van der Waals surface area (Å²) in [6, 6.07) is 0. The molecular formula is C6H11ClO3. The number of ether oxygens (including phenoxy) is 1. The average molecular weight is 167 g/mol. The minimum absolute atomic E-state index is 0.106. The molecule has 10 heavy (non-hydrogen) atoms. The van der Waals surface area contributed by atoms with Gasteiger partial charge in [-0.05, 0) is 6.92 Å². The maximum Gasteiger partial charge on any atom is 0.312 e. The van der Waals surface area contributed by atoms with Gasteiger partial charge >= 0.3 is 5.97 Å². The number of aliphatic hydroxyl groups excluding tert-OH is 1. The van der Waals surface area contributed by atoms with Crippen LogP contribution in [0.25, 0.3) is 0 Å². The molecule has 0 aliphatic heterocycles. The van der Waals surface area contributed by atoms with Crippen LogP contribution in [0.1, 0.15) is 6.92 Å². The Labute approximate surface area is 64.9 Å². The number of hydrogen-bond acceptors (Lipinski definition) is 3. The van der Waals surface area contributed by atoms with Gasteiger partial charge in [0.2, 0.25) is 0 Å². The highest BCUT2D eigenvalue weighted by molar-refractivity contribution is 6.19. The van der Waals surface area contributed by atoms with Gasteiger partial charge < -0.3 is 9.84 Å². The van der Waals surface area contributed by atoms with Crippen molar-refractivity contribution in [3.8, 4) is 0 Å². The minimum atomic E-state index is -0.568. The van der Waals surface area contributed by atoms with Gasteiger partial charge in [-0.15, -0.1) is 11.6 Å². The first-order chi connectivity index (χ1) is 4.76. The molecule has 0 radical (unpaired) electrons. The lowest BCUT2D eigenvalue weighted by Gasteiger charge is -2.07. The summed E-state index contributed by atoms with van der Waals surface area (Å²) in [5.74, 6) is -0.892. The van der Waals surface area contributed by atoms with Gasteiger partial charge in [0, 0.05) is 5.88 Å². The highest BCUT2D eigenvalue weighted by atomic mass is 35.5. The van der Waals surface area contributed by atoms with Crippen molar-refractivity contribution < 1.29 is 14.6 Å². The maximum atomic E-state index is 10.7. The Kier molecular flexibility index (Phi) is 5.35. The fraction of sp³-hybridized carbons (Fsp3) is 0.833. The lowest BCUT2D eigenvalue weighted by molar-refractivity contribution is -0.148. The Morgan fingerprint density at radius 3 is 2.70 bits per heavy atom. The van der Waals surface area contributed by atoms with E-state index in [1.54, 1.807) is 6.92 Å². The summed E-state index contributed by atoms with van der Waals surface area (Å²) in [6.45, 7) is 1.79. The largest absolute Gasteiger partial charge is 0.466 e. The van der Waals surface area contributed by atoms with Gasteiger partial charge in [0.05, 0.1) is 19.1 Å². The smallest absolute Gasteiger partial charge is 0.312 e. The van der Waals surface area contributed by atoms with Crippen molar-refractivity contribution in [2.75, 3.05) is 19.1 Å². The van der Waals surface area contributed by atoms with Crippen molar-refractivity contribution in [2.45, 2.75) is 6.92 Å². The zero-order valence-corrected chi connectivity index (χ0v) is 6.60. The topological polar surface area (TPSA) is 46.5 Å². The van der Waals surface area contributed by atoms with Gasteiger partial charge in [-0.2, -0.15) is 0 Å². The van der Waals surface area contributed by atoms with E-state index in [1.807, 2.05) is 0 Å². The zero-order valence-electron chi connectivity index (χ0n) is 5.84. The van der Waals surface area contributed by atoms with Crippen LogP contribution in [0.15, 0.2) is 0 Å². The molecule has 1 unspecified atom stereocenters. The van der Waals surface area contributed by atoms with Gasteiger partial charge in [-0.3, -0.25) is 4.79 Å². The van der Waals surface area contributed by atoms with E-state index in [1.165, 1.54) is 0 Å². The molecule has 0 aliphatic rings. The second-order valence-electron chi connectivity index (χ2n) is 1.79. The first-order valence-electron chi connectivity index (χ1n) is 3.09. The number of rotatable bonds is 4. The molecule has 0 rings (SSSR count). The Hall–Kier alpha value is -0.280. The Morgan fingerprint density at radius 1 is 1.80 bits per heavy atom. The van der Waals surface area contributed by atoms with Crippen LogP contribution >= 0.6 is 11.6 Å². The number of aliphatic hydroxyl groups is 1. The number of esters is 1. The molecule has 0 heterocycles. The molecule has 0 saturated heterocycles. The number of alkyl halides is 1. The van der Waals surface area contributed by atoms with Crippen LogP contribution in [-0.2, 0) is 9.53 Å². The lowest BCUT2D eigenvalue weighted by Crippen LogP contribution is -2.22. The molecule has 0 spiro atoms. The molecular weight excluding hydrogens is 156 g/mol. The third-order valence-corrected chi connectivity index (χ3v) is 1.40. The third kappa shape index (κ3) is 3.03. The number of carbonyl (C=O) groups is 1. The zero-order chi connectivity index (χ0) is 7.98. The quantitative estimate of drug-likeness (QED) is 0.486. The highest BCUT2D eigenvalue weighted by Gasteiger charge is 2.16. The second-order valence-corrected chi connectivity index (χ2v) is 2.09. The van der Waals surface area contributed by atoms with Crippen molar-refractivity contribution >= 4 is 17.6 Å². The number of hydrogen-bond donors (Lipinski definition) is 1. The van der Waals surface area contributed by atoms with Crippen molar-refractivity contribution in [1.29, 1.82) is 0 Å². The van der Waals surface area contributed by atoms with E-state index in [4.69, 9.17) is 16.7 Å². The molecule has 1 atom stereocenters. The first kappa shape index (κ1) is 9.72. The van der Waals surface area contributed by atoms with E-state index in [2.05, 4.69) is 4.74 Å². The number of carbonyl (C=O) groups excluding carboxylic acids is 1. The van der Waals surface area contributed by atoms with Gasteiger partial charge in [0.1, 0.15) is 0 Å². The molecule has 3 nitrogen and oxygen atoms in total. The summed E-state index contributed by atoms with van der Waals surface area (Å²) >= 11 is 5.34. The predicted molar refractivity (Wildman–Crippen MR) is 37.9 cm³/mol. The third-order valence-electron chi connectivity index (χ3n) is 1.03. The van der Waals surface area contributed by atoms with Gasteiger partial charge in [-0.25, -0.2) is 0 Å². The van der Waals surface area contributed by atoms with E-state index in [0.717, 1.165) is 0 Å². The molecule has 0 fully saturated rings. The van der Waals surface area contributed by atoms with E-state index < -0.39 is 11.9 Å². The molecule has 60 valence electrons. The van der Waals surface area contributed by atoms with E-state index in [-0.39, 0.29) is 12.5 Å². The molecule has 0 aromatic rings. The van der Waals surface area contributed by atoms with E-state index in [9.17, 15) is 4.79 Å². The molecule has 1 N–H and O–H groups in total. The van der Waals surface area contributed by atoms with Crippen LogP contribution in [0, 0.1) is 5.92 Å². The molecule has 0 aromatic heterocycles. The standard InChI is InChI=1S/C6H11ClO3/c1-2-10-6(9)5(3-7)4-8/h5,8H,2-4H2,1H3. The Morgan fingerprint density at radius 2 is 2.40 bits per heavy atom. The van der Waals surface area contributed by atoms with Crippen LogP contribution in [0.4, 0.5) is 0 Å². The van der Waals surface area contributed by atoms with Gasteiger partial charge in [0.25, 0.3) is 0 Å². The van der Waals surface area contributed by atoms with Crippen LogP contribution < -0.4 is 0 Å². The van der Waals surface area contributed by atoms with Gasteiger partial charge in [0.15, 0.2) is 0 Å².